The molecule has 0 radical (unpaired) electrons. The Labute approximate surface area is 292 Å². The molecule has 0 aliphatic heterocycles. The van der Waals surface area contributed by atoms with Crippen LogP contribution in [-0.2, 0) is 38.5 Å². The van der Waals surface area contributed by atoms with Gasteiger partial charge in [0.25, 0.3) is 5.91 Å². The molecular weight excluding hydrogens is 674 g/mol. The van der Waals surface area contributed by atoms with E-state index in [4.69, 9.17) is 4.74 Å². The van der Waals surface area contributed by atoms with Gasteiger partial charge in [-0.15, -0.1) is 0 Å². The Kier molecular flexibility index (Phi) is 15.1. The van der Waals surface area contributed by atoms with Crippen LogP contribution in [0, 0.1) is 11.3 Å². The van der Waals surface area contributed by atoms with E-state index in [2.05, 4.69) is 37.3 Å². The molecule has 258 valence electrons. The van der Waals surface area contributed by atoms with Crippen molar-refractivity contribution in [3.05, 3.63) is 106 Å². The van der Waals surface area contributed by atoms with Crippen molar-refractivity contribution in [2.24, 2.45) is 11.3 Å². The van der Waals surface area contributed by atoms with Crippen LogP contribution in [-0.4, -0.2) is 61.6 Å². The van der Waals surface area contributed by atoms with Crippen LogP contribution in [0.3, 0.4) is 0 Å². The molecular formula is C37H48BrN5O5. The maximum atomic E-state index is 13.8. The lowest BCUT2D eigenvalue weighted by Gasteiger charge is -2.33. The summed E-state index contributed by atoms with van der Waals surface area (Å²) >= 11 is 3.47. The molecule has 0 spiro atoms. The van der Waals surface area contributed by atoms with Crippen LogP contribution in [0.4, 0.5) is 4.79 Å². The average molecular weight is 723 g/mol. The summed E-state index contributed by atoms with van der Waals surface area (Å²) in [4.78, 5) is 52.3. The van der Waals surface area contributed by atoms with E-state index in [0.717, 1.165) is 21.2 Å². The number of nitrogens with zero attached hydrogens (tertiary/aromatic N) is 1. The summed E-state index contributed by atoms with van der Waals surface area (Å²) in [5, 5.41) is 10.2. The number of ether oxygens (including phenoxy) is 1. The van der Waals surface area contributed by atoms with E-state index in [0.29, 0.717) is 38.8 Å². The third-order valence-electron chi connectivity index (χ3n) is 7.97. The number of hydrogen-bond acceptors (Lipinski definition) is 6. The largest absolute Gasteiger partial charge is 0.453 e. The minimum Gasteiger partial charge on any atom is -0.453 e. The van der Waals surface area contributed by atoms with Crippen LogP contribution in [0.25, 0.3) is 0 Å². The number of likely N-dealkylation sites (N-methyl/N-ethyl adjacent to an activating group) is 1. The molecule has 48 heavy (non-hydrogen) atoms. The summed E-state index contributed by atoms with van der Waals surface area (Å²) in [7, 11) is 2.82. The highest BCUT2D eigenvalue weighted by Crippen LogP contribution is 2.21. The third-order valence-corrected chi connectivity index (χ3v) is 8.50. The first-order valence-electron chi connectivity index (χ1n) is 16.1. The second kappa shape index (κ2) is 18.9. The SMILES string of the molecule is CNC(=O)[C@H](Cc1ccccc1)NC(=O)[C@@H](CCCN(Cc1ccc(Br)cc1)NC(=O)[C@@H](NC(=O)OC)C(C)(C)C)Cc1ccccc1. The second-order valence-electron chi connectivity index (χ2n) is 12.9. The highest BCUT2D eigenvalue weighted by Gasteiger charge is 2.34. The summed E-state index contributed by atoms with van der Waals surface area (Å²) < 4.78 is 5.71. The first kappa shape index (κ1) is 38.2. The molecule has 0 bridgehead atoms. The van der Waals surface area contributed by atoms with Gasteiger partial charge in [0.2, 0.25) is 11.8 Å². The van der Waals surface area contributed by atoms with E-state index in [1.165, 1.54) is 7.11 Å². The zero-order chi connectivity index (χ0) is 35.1. The number of halogens is 1. The highest BCUT2D eigenvalue weighted by molar-refractivity contribution is 9.10. The van der Waals surface area contributed by atoms with Crippen molar-refractivity contribution in [3.8, 4) is 0 Å². The Hall–Kier alpha value is -4.22. The molecule has 0 aromatic heterocycles. The number of rotatable bonds is 16. The molecule has 11 heteroatoms. The van der Waals surface area contributed by atoms with Gasteiger partial charge in [-0.05, 0) is 53.5 Å². The van der Waals surface area contributed by atoms with Crippen LogP contribution in [0.15, 0.2) is 89.4 Å². The molecule has 3 atom stereocenters. The topological polar surface area (TPSA) is 129 Å². The molecule has 4 amide bonds. The number of amides is 4. The van der Waals surface area contributed by atoms with Gasteiger partial charge in [-0.1, -0.05) is 109 Å². The van der Waals surface area contributed by atoms with Crippen molar-refractivity contribution in [3.63, 3.8) is 0 Å². The number of hydrogen-bond donors (Lipinski definition) is 4. The van der Waals surface area contributed by atoms with Gasteiger partial charge in [0.1, 0.15) is 12.1 Å². The Morgan fingerprint density at radius 3 is 1.90 bits per heavy atom. The zero-order valence-corrected chi connectivity index (χ0v) is 30.0. The normalized spacial score (nSPS) is 13.1. The summed E-state index contributed by atoms with van der Waals surface area (Å²) in [5.41, 5.74) is 5.34. The van der Waals surface area contributed by atoms with Gasteiger partial charge in [-0.25, -0.2) is 9.80 Å². The second-order valence-corrected chi connectivity index (χ2v) is 13.8. The summed E-state index contributed by atoms with van der Waals surface area (Å²) in [6.45, 7) is 6.42. The number of hydrazine groups is 1. The average Bonchev–Trinajstić information content (AvgIpc) is 3.07. The van der Waals surface area contributed by atoms with Crippen LogP contribution in [0.1, 0.15) is 50.3 Å². The third kappa shape index (κ3) is 12.8. The maximum absolute atomic E-state index is 13.8. The highest BCUT2D eigenvalue weighted by atomic mass is 79.9. The van der Waals surface area contributed by atoms with Crippen molar-refractivity contribution in [1.29, 1.82) is 0 Å². The van der Waals surface area contributed by atoms with Gasteiger partial charge in [0, 0.05) is 36.9 Å². The number of methoxy groups -OCH3 is 1. The standard InChI is InChI=1S/C37H48BrN5O5/c1-37(2,3)32(41-36(47)48-5)35(46)42-43(25-28-18-20-30(38)21-19-28)22-12-17-29(23-26-13-8-6-9-14-26)33(44)40-31(34(45)39-4)24-27-15-10-7-11-16-27/h6-11,13-16,18-21,29,31-32H,12,17,22-25H2,1-5H3,(H,39,45)(H,40,44)(H,41,47)(H,42,46)/t29-,31-,32+/m0/s1. The lowest BCUT2D eigenvalue weighted by Crippen LogP contribution is -2.57. The molecule has 0 saturated heterocycles. The predicted octanol–water partition coefficient (Wildman–Crippen LogP) is 5.17. The molecule has 4 N–H and O–H groups in total. The number of benzene rings is 3. The van der Waals surface area contributed by atoms with Crippen molar-refractivity contribution in [1.82, 2.24) is 26.4 Å². The molecule has 3 aromatic rings. The van der Waals surface area contributed by atoms with E-state index in [1.54, 1.807) is 7.05 Å². The number of alkyl carbamates (subject to hydrolysis) is 1. The first-order valence-corrected chi connectivity index (χ1v) is 16.9. The molecule has 0 heterocycles. The lowest BCUT2D eigenvalue weighted by molar-refractivity contribution is -0.131. The summed E-state index contributed by atoms with van der Waals surface area (Å²) in [6, 6.07) is 25.6. The fraction of sp³-hybridized carbons (Fsp3) is 0.405. The number of carbonyl (C=O) groups is 4. The van der Waals surface area contributed by atoms with Gasteiger partial charge < -0.3 is 20.7 Å². The Morgan fingerprint density at radius 2 is 1.35 bits per heavy atom. The van der Waals surface area contributed by atoms with Crippen molar-refractivity contribution < 1.29 is 23.9 Å². The number of nitrogens with one attached hydrogen (secondary N) is 4. The van der Waals surface area contributed by atoms with Crippen molar-refractivity contribution in [2.75, 3.05) is 20.7 Å². The minimum atomic E-state index is -0.861. The van der Waals surface area contributed by atoms with Gasteiger partial charge in [0.15, 0.2) is 0 Å². The van der Waals surface area contributed by atoms with Crippen LogP contribution >= 0.6 is 15.9 Å². The minimum absolute atomic E-state index is 0.207. The van der Waals surface area contributed by atoms with Crippen molar-refractivity contribution >= 4 is 39.7 Å². The van der Waals surface area contributed by atoms with Crippen LogP contribution in [0.2, 0.25) is 0 Å². The fourth-order valence-electron chi connectivity index (χ4n) is 5.33. The molecule has 0 aliphatic rings. The van der Waals surface area contributed by atoms with E-state index >= 15 is 0 Å². The molecule has 3 aromatic carbocycles. The smallest absolute Gasteiger partial charge is 0.407 e. The molecule has 0 saturated carbocycles. The van der Waals surface area contributed by atoms with Crippen LogP contribution in [0.5, 0.6) is 0 Å². The van der Waals surface area contributed by atoms with Gasteiger partial charge >= 0.3 is 6.09 Å². The Morgan fingerprint density at radius 1 is 0.771 bits per heavy atom. The summed E-state index contributed by atoms with van der Waals surface area (Å²) in [5.74, 6) is -1.27. The van der Waals surface area contributed by atoms with E-state index in [-0.39, 0.29) is 17.7 Å². The molecule has 0 aliphatic carbocycles. The molecule has 0 unspecified atom stereocenters. The fourth-order valence-corrected chi connectivity index (χ4v) is 5.60. The predicted molar refractivity (Wildman–Crippen MR) is 190 cm³/mol. The monoisotopic (exact) mass is 721 g/mol. The zero-order valence-electron chi connectivity index (χ0n) is 28.4. The molecule has 0 fully saturated rings. The van der Waals surface area contributed by atoms with E-state index in [1.807, 2.05) is 111 Å². The quantitative estimate of drug-likeness (QED) is 0.151. The Bertz CT molecular complexity index is 1460. The van der Waals surface area contributed by atoms with Gasteiger partial charge in [-0.3, -0.25) is 19.8 Å². The molecule has 10 nitrogen and oxygen atoms in total. The summed E-state index contributed by atoms with van der Waals surface area (Å²) in [6.07, 6.45) is 1.23. The van der Waals surface area contributed by atoms with Gasteiger partial charge in [0.05, 0.1) is 7.11 Å². The van der Waals surface area contributed by atoms with Crippen molar-refractivity contribution in [2.45, 2.75) is 65.1 Å². The lowest BCUT2D eigenvalue weighted by atomic mass is 9.86. The van der Waals surface area contributed by atoms with E-state index in [9.17, 15) is 19.2 Å². The molecule has 3 rings (SSSR count). The van der Waals surface area contributed by atoms with Gasteiger partial charge in [-0.2, -0.15) is 0 Å². The number of carbonyl (C=O) groups excluding carboxylic acids is 4. The maximum Gasteiger partial charge on any atom is 0.407 e. The first-order chi connectivity index (χ1) is 22.9. The van der Waals surface area contributed by atoms with Crippen LogP contribution < -0.4 is 21.4 Å². The van der Waals surface area contributed by atoms with E-state index < -0.39 is 29.5 Å². The Balaban J connectivity index is 1.79.